The van der Waals surface area contributed by atoms with Crippen LogP contribution in [-0.2, 0) is 17.6 Å². The molecule has 0 unspecified atom stereocenters. The molecule has 26 heavy (non-hydrogen) atoms. The smallest absolute Gasteiger partial charge is 0.287 e. The van der Waals surface area contributed by atoms with E-state index in [0.717, 1.165) is 5.69 Å². The van der Waals surface area contributed by atoms with Crippen LogP contribution in [0.25, 0.3) is 10.9 Å². The fourth-order valence-electron chi connectivity index (χ4n) is 2.81. The molecular weight excluding hydrogens is 387 g/mol. The Morgan fingerprint density at radius 3 is 2.69 bits per heavy atom. The van der Waals surface area contributed by atoms with Crippen LogP contribution >= 0.6 is 23.2 Å². The van der Waals surface area contributed by atoms with E-state index in [9.17, 15) is 13.6 Å². The molecule has 1 aliphatic rings. The highest BCUT2D eigenvalue weighted by Gasteiger charge is 2.29. The lowest BCUT2D eigenvalue weighted by atomic mass is 10.0. The molecule has 9 heteroatoms. The molecule has 5 nitrogen and oxygen atoms in total. The second-order valence-corrected chi connectivity index (χ2v) is 6.48. The summed E-state index contributed by atoms with van der Waals surface area (Å²) in [6, 6.07) is 1.45. The van der Waals surface area contributed by atoms with Gasteiger partial charge in [0.05, 0.1) is 28.5 Å². The van der Waals surface area contributed by atoms with E-state index in [1.807, 2.05) is 13.8 Å². The molecule has 0 saturated heterocycles. The van der Waals surface area contributed by atoms with Crippen molar-refractivity contribution in [3.05, 3.63) is 27.4 Å². The number of carbonyl (C=O) groups is 1. The second kappa shape index (κ2) is 8.41. The van der Waals surface area contributed by atoms with Gasteiger partial charge in [-0.05, 0) is 11.6 Å². The largest absolute Gasteiger partial charge is 0.390 e. The van der Waals surface area contributed by atoms with Crippen LogP contribution in [-0.4, -0.2) is 41.6 Å². The first-order chi connectivity index (χ1) is 12.3. The summed E-state index contributed by atoms with van der Waals surface area (Å²) in [6.07, 6.45) is 0.703. The van der Waals surface area contributed by atoms with Crippen molar-refractivity contribution in [3.63, 3.8) is 0 Å². The number of aromatic nitrogens is 1. The zero-order chi connectivity index (χ0) is 19.5. The molecule has 3 rings (SSSR count). The molecule has 1 amide bonds. The van der Waals surface area contributed by atoms with E-state index in [-0.39, 0.29) is 22.4 Å². The van der Waals surface area contributed by atoms with Crippen LogP contribution in [0.2, 0.25) is 10.0 Å². The molecule has 144 valence electrons. The average Bonchev–Trinajstić information content (AvgIpc) is 2.87. The lowest BCUT2D eigenvalue weighted by Crippen LogP contribution is -2.31. The molecule has 4 N–H and O–H groups in total. The molecule has 0 bridgehead atoms. The van der Waals surface area contributed by atoms with Gasteiger partial charge >= 0.3 is 0 Å². The van der Waals surface area contributed by atoms with Gasteiger partial charge in [0.1, 0.15) is 6.61 Å². The van der Waals surface area contributed by atoms with E-state index in [1.165, 1.54) is 6.07 Å². The molecule has 1 aromatic carbocycles. The van der Waals surface area contributed by atoms with Crippen molar-refractivity contribution in [2.75, 3.05) is 25.0 Å². The van der Waals surface area contributed by atoms with Gasteiger partial charge in [0.2, 0.25) is 5.91 Å². The zero-order valence-electron chi connectivity index (χ0n) is 14.5. The number of hydrogen-bond donors (Lipinski definition) is 4. The number of aliphatic hydroxyl groups is 1. The third kappa shape index (κ3) is 4.22. The summed E-state index contributed by atoms with van der Waals surface area (Å²) in [6.45, 7) is 2.45. The van der Waals surface area contributed by atoms with Crippen LogP contribution in [0, 0.1) is 0 Å². The zero-order valence-corrected chi connectivity index (χ0v) is 16.0. The number of amides is 1. The Balaban J connectivity index is 0.00000117. The number of aromatic amines is 1. The molecule has 2 heterocycles. The summed E-state index contributed by atoms with van der Waals surface area (Å²) in [5, 5.41) is 15.1. The first-order valence-corrected chi connectivity index (χ1v) is 9.08. The minimum Gasteiger partial charge on any atom is -0.390 e. The maximum absolute atomic E-state index is 13.4. The highest BCUT2D eigenvalue weighted by atomic mass is 35.5. The maximum Gasteiger partial charge on any atom is 0.287 e. The van der Waals surface area contributed by atoms with Gasteiger partial charge in [0.15, 0.2) is 0 Å². The molecule has 0 spiro atoms. The van der Waals surface area contributed by atoms with E-state index < -0.39 is 19.1 Å². The van der Waals surface area contributed by atoms with E-state index in [1.54, 1.807) is 0 Å². The topological polar surface area (TPSA) is 77.2 Å². The Bertz CT molecular complexity index is 809. The van der Waals surface area contributed by atoms with Crippen molar-refractivity contribution in [1.82, 2.24) is 10.3 Å². The summed E-state index contributed by atoms with van der Waals surface area (Å²) < 4.78 is 26.7. The van der Waals surface area contributed by atoms with Crippen LogP contribution < -0.4 is 10.6 Å². The van der Waals surface area contributed by atoms with Crippen LogP contribution in [0.5, 0.6) is 0 Å². The number of nitrogens with one attached hydrogen (secondary N) is 3. The third-order valence-corrected chi connectivity index (χ3v) is 4.75. The maximum atomic E-state index is 13.4. The van der Waals surface area contributed by atoms with Crippen LogP contribution in [0.15, 0.2) is 6.07 Å². The number of benzene rings is 1. The lowest BCUT2D eigenvalue weighted by Gasteiger charge is -2.17. The predicted octanol–water partition coefficient (Wildman–Crippen LogP) is 3.76. The summed E-state index contributed by atoms with van der Waals surface area (Å²) in [7, 11) is 0. The van der Waals surface area contributed by atoms with Crippen LogP contribution in [0.1, 0.15) is 25.1 Å². The van der Waals surface area contributed by atoms with Gasteiger partial charge in [0.25, 0.3) is 5.92 Å². The number of halogens is 4. The average molecular weight is 408 g/mol. The van der Waals surface area contributed by atoms with Crippen LogP contribution in [0.3, 0.4) is 0 Å². The van der Waals surface area contributed by atoms with E-state index in [0.29, 0.717) is 35.1 Å². The number of carbonyl (C=O) groups excluding carboxylic acids is 1. The number of anilines is 1. The van der Waals surface area contributed by atoms with E-state index in [4.69, 9.17) is 28.3 Å². The number of H-pyrrole nitrogens is 1. The minimum atomic E-state index is -3.27. The monoisotopic (exact) mass is 407 g/mol. The summed E-state index contributed by atoms with van der Waals surface area (Å²) in [4.78, 5) is 15.0. The van der Waals surface area contributed by atoms with Crippen LogP contribution in [0.4, 0.5) is 14.5 Å². The highest BCUT2D eigenvalue weighted by Crippen LogP contribution is 2.40. The van der Waals surface area contributed by atoms with Crippen molar-refractivity contribution >= 4 is 45.7 Å². The summed E-state index contributed by atoms with van der Waals surface area (Å²) in [5.41, 5.74) is 2.40. The second-order valence-electron chi connectivity index (χ2n) is 5.70. The molecule has 1 aliphatic heterocycles. The van der Waals surface area contributed by atoms with E-state index in [2.05, 4.69) is 15.6 Å². The molecule has 1 aromatic heterocycles. The van der Waals surface area contributed by atoms with E-state index >= 15 is 0 Å². The van der Waals surface area contributed by atoms with Gasteiger partial charge in [-0.1, -0.05) is 37.0 Å². The van der Waals surface area contributed by atoms with Gasteiger partial charge in [-0.15, -0.1) is 0 Å². The van der Waals surface area contributed by atoms with Crippen molar-refractivity contribution in [3.8, 4) is 0 Å². The first kappa shape index (κ1) is 20.7. The molecule has 2 aromatic rings. The quantitative estimate of drug-likeness (QED) is 0.623. The Hall–Kier alpha value is -1.57. The number of rotatable bonds is 4. The lowest BCUT2D eigenvalue weighted by molar-refractivity contribution is -0.120. The predicted molar refractivity (Wildman–Crippen MR) is 101 cm³/mol. The molecular formula is C17H21Cl2F2N3O2. The normalized spacial score (nSPS) is 14.2. The number of hydrogen-bond acceptors (Lipinski definition) is 3. The number of aliphatic hydroxyl groups excluding tert-OH is 1. The molecule has 0 saturated carbocycles. The van der Waals surface area contributed by atoms with Crippen molar-refractivity contribution < 1.29 is 18.7 Å². The number of fused-ring (bicyclic) bond motifs is 3. The van der Waals surface area contributed by atoms with Crippen molar-refractivity contribution in [1.29, 1.82) is 0 Å². The molecule has 0 aliphatic carbocycles. The Labute approximate surface area is 160 Å². The van der Waals surface area contributed by atoms with Gasteiger partial charge < -0.3 is 20.7 Å². The Morgan fingerprint density at radius 1 is 1.35 bits per heavy atom. The Kier molecular flexibility index (Phi) is 6.71. The first-order valence-electron chi connectivity index (χ1n) is 8.33. The molecule has 0 radical (unpaired) electrons. The third-order valence-electron chi connectivity index (χ3n) is 3.96. The SMILES string of the molecule is CC.O=C1Cc2c([nH]c3c(Cl)c(Cl)cc(NCC(F)(F)CO)c23)CCN1. The summed E-state index contributed by atoms with van der Waals surface area (Å²) in [5.74, 6) is -3.42. The van der Waals surface area contributed by atoms with Gasteiger partial charge in [-0.3, -0.25) is 4.79 Å². The standard InChI is InChI=1S/C15H15Cl2F2N3O2.C2H6/c16-8-4-10(21-5-15(18,19)6-23)12-7-3-11(24)20-2-1-9(7)22-14(12)13(8)17;1-2/h4,21-23H,1-3,5-6H2,(H,20,24);1-2H3. The molecule has 0 fully saturated rings. The Morgan fingerprint density at radius 2 is 2.04 bits per heavy atom. The minimum absolute atomic E-state index is 0.123. The fourth-order valence-corrected chi connectivity index (χ4v) is 3.21. The highest BCUT2D eigenvalue weighted by molar-refractivity contribution is 6.45. The van der Waals surface area contributed by atoms with Crippen molar-refractivity contribution in [2.45, 2.75) is 32.6 Å². The van der Waals surface area contributed by atoms with Gasteiger partial charge in [0, 0.05) is 29.7 Å². The number of alkyl halides is 2. The van der Waals surface area contributed by atoms with Gasteiger partial charge in [-0.25, -0.2) is 8.78 Å². The summed E-state index contributed by atoms with van der Waals surface area (Å²) >= 11 is 12.3. The van der Waals surface area contributed by atoms with Crippen molar-refractivity contribution in [2.24, 2.45) is 0 Å². The molecule has 0 atom stereocenters. The van der Waals surface area contributed by atoms with Gasteiger partial charge in [-0.2, -0.15) is 0 Å². The fraction of sp³-hybridized carbons (Fsp3) is 0.471.